The van der Waals surface area contributed by atoms with E-state index < -0.39 is 7.40 Å². The second-order valence-electron chi connectivity index (χ2n) is 3.04. The summed E-state index contributed by atoms with van der Waals surface area (Å²) in [6, 6.07) is 9.85. The molecule has 80 valence electrons. The summed E-state index contributed by atoms with van der Waals surface area (Å²) in [7, 11) is -2.61. The highest BCUT2D eigenvalue weighted by atomic mass is 19.2. The third-order valence-corrected chi connectivity index (χ3v) is 1.96. The average Bonchev–Trinajstić information content (AvgIpc) is 2.31. The van der Waals surface area contributed by atoms with E-state index in [9.17, 15) is 8.63 Å². The van der Waals surface area contributed by atoms with E-state index in [0.29, 0.717) is 5.82 Å². The van der Waals surface area contributed by atoms with Gasteiger partial charge in [0.15, 0.2) is 5.82 Å². The summed E-state index contributed by atoms with van der Waals surface area (Å²) in [4.78, 5) is 7.98. The standard InChI is InChI=1S/C10H8BF2N3/c12-11(13)16-8-4-2-6-10(16)15-9-5-1-3-7-14-9/h1-8H/b15-10+. The fraction of sp³-hybridized carbons (Fsp3) is 0. The second kappa shape index (κ2) is 4.70. The van der Waals surface area contributed by atoms with E-state index in [1.165, 1.54) is 18.3 Å². The van der Waals surface area contributed by atoms with Crippen molar-refractivity contribution in [2.75, 3.05) is 0 Å². The average molecular weight is 219 g/mol. The lowest BCUT2D eigenvalue weighted by Gasteiger charge is -2.01. The number of pyridine rings is 2. The lowest BCUT2D eigenvalue weighted by Crippen LogP contribution is -2.28. The van der Waals surface area contributed by atoms with E-state index in [1.807, 2.05) is 0 Å². The van der Waals surface area contributed by atoms with Gasteiger partial charge in [0.1, 0.15) is 5.49 Å². The number of halogens is 2. The largest absolute Gasteiger partial charge is 0.678 e. The van der Waals surface area contributed by atoms with Gasteiger partial charge < -0.3 is 4.48 Å². The molecule has 2 aromatic rings. The molecule has 0 bridgehead atoms. The lowest BCUT2D eigenvalue weighted by molar-refractivity contribution is 0.620. The summed E-state index contributed by atoms with van der Waals surface area (Å²) in [5.41, 5.74) is 0.177. The molecule has 0 aliphatic rings. The quantitative estimate of drug-likeness (QED) is 0.709. The first kappa shape index (κ1) is 10.5. The van der Waals surface area contributed by atoms with Crippen molar-refractivity contribution in [3.8, 4) is 0 Å². The molecule has 2 heterocycles. The van der Waals surface area contributed by atoms with E-state index in [0.717, 1.165) is 4.48 Å². The molecule has 3 nitrogen and oxygen atoms in total. The Balaban J connectivity index is 2.52. The van der Waals surface area contributed by atoms with Crippen LogP contribution in [0.25, 0.3) is 0 Å². The van der Waals surface area contributed by atoms with Crippen LogP contribution in [-0.2, 0) is 0 Å². The molecule has 0 atom stereocenters. The van der Waals surface area contributed by atoms with Gasteiger partial charge >= 0.3 is 7.40 Å². The van der Waals surface area contributed by atoms with E-state index in [-0.39, 0.29) is 5.49 Å². The number of hydrogen-bond donors (Lipinski definition) is 0. The second-order valence-corrected chi connectivity index (χ2v) is 3.04. The molecule has 0 saturated carbocycles. The molecular formula is C10H8BF2N3. The zero-order valence-corrected chi connectivity index (χ0v) is 8.29. The third-order valence-electron chi connectivity index (χ3n) is 1.96. The molecule has 0 unspecified atom stereocenters. The molecular weight excluding hydrogens is 211 g/mol. The van der Waals surface area contributed by atoms with Crippen molar-refractivity contribution in [1.29, 1.82) is 0 Å². The van der Waals surface area contributed by atoms with E-state index in [1.54, 1.807) is 30.5 Å². The number of rotatable bonds is 2. The van der Waals surface area contributed by atoms with Crippen LogP contribution in [0, 0.1) is 0 Å². The molecule has 0 saturated heterocycles. The Morgan fingerprint density at radius 1 is 1.12 bits per heavy atom. The lowest BCUT2D eigenvalue weighted by atomic mass is 10.2. The van der Waals surface area contributed by atoms with Gasteiger partial charge in [-0.2, -0.15) is 0 Å². The molecule has 0 aromatic carbocycles. The Morgan fingerprint density at radius 3 is 2.62 bits per heavy atom. The maximum Gasteiger partial charge on any atom is 0.678 e. The first-order valence-corrected chi connectivity index (χ1v) is 4.68. The Labute approximate surface area is 91.3 Å². The zero-order valence-electron chi connectivity index (χ0n) is 8.29. The molecule has 16 heavy (non-hydrogen) atoms. The third kappa shape index (κ3) is 2.33. The topological polar surface area (TPSA) is 30.2 Å². The minimum absolute atomic E-state index is 0.177. The Bertz CT molecular complexity index is 525. The van der Waals surface area contributed by atoms with Crippen LogP contribution in [0.1, 0.15) is 0 Å². The molecule has 0 amide bonds. The van der Waals surface area contributed by atoms with Crippen molar-refractivity contribution in [3.63, 3.8) is 0 Å². The predicted octanol–water partition coefficient (Wildman–Crippen LogP) is 1.89. The number of aromatic nitrogens is 2. The van der Waals surface area contributed by atoms with Crippen molar-refractivity contribution in [2.24, 2.45) is 4.99 Å². The summed E-state index contributed by atoms with van der Waals surface area (Å²) in [6.45, 7) is 0. The molecule has 2 rings (SSSR count). The summed E-state index contributed by atoms with van der Waals surface area (Å²) >= 11 is 0. The number of nitrogens with zero attached hydrogens (tertiary/aromatic N) is 3. The van der Waals surface area contributed by atoms with E-state index >= 15 is 0 Å². The van der Waals surface area contributed by atoms with Crippen LogP contribution >= 0.6 is 0 Å². The zero-order chi connectivity index (χ0) is 11.4. The van der Waals surface area contributed by atoms with Crippen molar-refractivity contribution in [2.45, 2.75) is 0 Å². The van der Waals surface area contributed by atoms with Crippen molar-refractivity contribution in [1.82, 2.24) is 9.46 Å². The van der Waals surface area contributed by atoms with Crippen LogP contribution < -0.4 is 5.49 Å². The molecule has 6 heteroatoms. The maximum atomic E-state index is 12.6. The van der Waals surface area contributed by atoms with Gasteiger partial charge in [-0.05, 0) is 30.5 Å². The Kier molecular flexibility index (Phi) is 3.09. The fourth-order valence-corrected chi connectivity index (χ4v) is 1.24. The molecule has 2 aromatic heterocycles. The molecule has 0 aliphatic carbocycles. The van der Waals surface area contributed by atoms with E-state index in [2.05, 4.69) is 9.98 Å². The maximum absolute atomic E-state index is 12.6. The monoisotopic (exact) mass is 219 g/mol. The van der Waals surface area contributed by atoms with Gasteiger partial charge in [0.05, 0.1) is 0 Å². The van der Waals surface area contributed by atoms with Crippen molar-refractivity contribution in [3.05, 3.63) is 54.3 Å². The van der Waals surface area contributed by atoms with Crippen molar-refractivity contribution < 1.29 is 8.63 Å². The van der Waals surface area contributed by atoms with Crippen LogP contribution in [0.15, 0.2) is 53.8 Å². The molecule has 0 N–H and O–H groups in total. The van der Waals surface area contributed by atoms with Gasteiger partial charge in [-0.15, -0.1) is 0 Å². The van der Waals surface area contributed by atoms with Gasteiger partial charge in [0, 0.05) is 6.20 Å². The van der Waals surface area contributed by atoms with Gasteiger partial charge in [0.2, 0.25) is 0 Å². The highest BCUT2D eigenvalue weighted by Gasteiger charge is 2.15. The van der Waals surface area contributed by atoms with E-state index in [4.69, 9.17) is 0 Å². The molecule has 0 aliphatic heterocycles. The molecule has 0 spiro atoms. The van der Waals surface area contributed by atoms with Gasteiger partial charge in [0.25, 0.3) is 0 Å². The Hall–Kier alpha value is -1.98. The fourth-order valence-electron chi connectivity index (χ4n) is 1.24. The minimum Gasteiger partial charge on any atom is -0.317 e. The van der Waals surface area contributed by atoms with Gasteiger partial charge in [-0.1, -0.05) is 12.1 Å². The predicted molar refractivity (Wildman–Crippen MR) is 57.3 cm³/mol. The highest BCUT2D eigenvalue weighted by Crippen LogP contribution is 2.03. The number of hydrogen-bond acceptors (Lipinski definition) is 2. The van der Waals surface area contributed by atoms with Crippen molar-refractivity contribution >= 4 is 13.2 Å². The first-order chi connectivity index (χ1) is 7.77. The summed E-state index contributed by atoms with van der Waals surface area (Å²) in [5.74, 6) is 0.406. The van der Waals surface area contributed by atoms with Gasteiger partial charge in [-0.25, -0.2) is 9.98 Å². The summed E-state index contributed by atoms with van der Waals surface area (Å²) in [6.07, 6.45) is 2.85. The molecule has 0 radical (unpaired) electrons. The van der Waals surface area contributed by atoms with Crippen LogP contribution in [0.5, 0.6) is 0 Å². The normalized spacial score (nSPS) is 11.5. The first-order valence-electron chi connectivity index (χ1n) is 4.68. The smallest absolute Gasteiger partial charge is 0.317 e. The van der Waals surface area contributed by atoms with Crippen LogP contribution in [-0.4, -0.2) is 16.9 Å². The Morgan fingerprint density at radius 2 is 1.94 bits per heavy atom. The minimum atomic E-state index is -2.61. The summed E-state index contributed by atoms with van der Waals surface area (Å²) in [5, 5.41) is 0. The van der Waals surface area contributed by atoms with Gasteiger partial charge in [-0.3, -0.25) is 8.63 Å². The molecule has 0 fully saturated rings. The van der Waals surface area contributed by atoms with Crippen LogP contribution in [0.2, 0.25) is 0 Å². The van der Waals surface area contributed by atoms with Crippen LogP contribution in [0.3, 0.4) is 0 Å². The summed E-state index contributed by atoms with van der Waals surface area (Å²) < 4.78 is 26.0. The van der Waals surface area contributed by atoms with Crippen LogP contribution in [0.4, 0.5) is 14.4 Å². The SMILES string of the molecule is FB(F)n1cccc/c1=N\c1ccccn1. The highest BCUT2D eigenvalue weighted by molar-refractivity contribution is 6.40.